The van der Waals surface area contributed by atoms with Crippen LogP contribution >= 0.6 is 0 Å². The largest absolute Gasteiger partial charge is 0.507 e. The van der Waals surface area contributed by atoms with Gasteiger partial charge in [0.1, 0.15) is 17.1 Å². The highest BCUT2D eigenvalue weighted by Crippen LogP contribution is 2.47. The number of amides is 1. The number of phenols is 1. The molecule has 0 fully saturated rings. The number of aromatic nitrogens is 2. The van der Waals surface area contributed by atoms with Crippen molar-refractivity contribution in [3.8, 4) is 28.5 Å². The summed E-state index contributed by atoms with van der Waals surface area (Å²) in [5.74, 6) is 1.34. The average molecular weight is 540 g/mol. The summed E-state index contributed by atoms with van der Waals surface area (Å²) in [7, 11) is 0. The van der Waals surface area contributed by atoms with Gasteiger partial charge >= 0.3 is 0 Å². The molecule has 0 aliphatic carbocycles. The van der Waals surface area contributed by atoms with E-state index < -0.39 is 6.04 Å². The van der Waals surface area contributed by atoms with E-state index in [4.69, 9.17) is 9.47 Å². The zero-order valence-electron chi connectivity index (χ0n) is 23.9. The van der Waals surface area contributed by atoms with Crippen molar-refractivity contribution >= 4 is 5.91 Å². The number of carbonyl (C=O) groups excluding carboxylic acids is 1. The van der Waals surface area contributed by atoms with Gasteiger partial charge in [0.2, 0.25) is 0 Å². The van der Waals surface area contributed by atoms with Crippen LogP contribution in [0.15, 0.2) is 54.6 Å². The van der Waals surface area contributed by atoms with Crippen LogP contribution < -0.4 is 9.47 Å². The van der Waals surface area contributed by atoms with Gasteiger partial charge in [-0.05, 0) is 74.6 Å². The molecule has 7 heteroatoms. The monoisotopic (exact) mass is 539 g/mol. The van der Waals surface area contributed by atoms with Crippen molar-refractivity contribution in [2.45, 2.75) is 60.0 Å². The van der Waals surface area contributed by atoms with E-state index in [1.807, 2.05) is 56.9 Å². The van der Waals surface area contributed by atoms with E-state index in [-0.39, 0.29) is 11.7 Å². The third-order valence-electron chi connectivity index (χ3n) is 7.37. The number of phenolic OH excluding ortho intramolecular Hbond substituents is 1. The summed E-state index contributed by atoms with van der Waals surface area (Å²) in [6.07, 6.45) is 1.99. The molecule has 0 saturated heterocycles. The molecule has 4 aromatic rings. The fourth-order valence-electron chi connectivity index (χ4n) is 5.45. The van der Waals surface area contributed by atoms with Crippen molar-refractivity contribution in [3.63, 3.8) is 0 Å². The normalized spacial score (nSPS) is 14.5. The number of rotatable bonds is 10. The highest BCUT2D eigenvalue weighted by atomic mass is 16.5. The van der Waals surface area contributed by atoms with Crippen LogP contribution in [0.25, 0.3) is 11.3 Å². The number of H-pyrrole nitrogens is 1. The topological polar surface area (TPSA) is 87.7 Å². The van der Waals surface area contributed by atoms with Gasteiger partial charge in [-0.3, -0.25) is 9.89 Å². The van der Waals surface area contributed by atoms with Crippen LogP contribution in [0.1, 0.15) is 76.6 Å². The number of nitrogens with one attached hydrogen (secondary N) is 1. The lowest BCUT2D eigenvalue weighted by Gasteiger charge is -2.27. The fourth-order valence-corrected chi connectivity index (χ4v) is 5.45. The Hall–Kier alpha value is -4.26. The van der Waals surface area contributed by atoms with Crippen molar-refractivity contribution in [2.24, 2.45) is 0 Å². The Kier molecular flexibility index (Phi) is 7.83. The van der Waals surface area contributed by atoms with E-state index >= 15 is 0 Å². The van der Waals surface area contributed by atoms with Crippen LogP contribution in [0.3, 0.4) is 0 Å². The van der Waals surface area contributed by atoms with Gasteiger partial charge in [0.15, 0.2) is 11.5 Å². The Bertz CT molecular complexity index is 1500. The Labute approximate surface area is 235 Å². The number of unbranched alkanes of at least 4 members (excludes halogenated alkanes) is 1. The number of hydrogen-bond acceptors (Lipinski definition) is 5. The Morgan fingerprint density at radius 2 is 1.73 bits per heavy atom. The standard InChI is InChI=1S/C33H37N3O4/c1-6-8-15-40-26-14-13-24(18-27(26)39-7-2)32-29-30(28-22(5)16-21(4)17-25(28)37)34-35-31(29)33(38)36(32)19-23-11-9-20(3)10-12-23/h9-14,16-18,32,37H,6-8,15,19H2,1-5H3,(H,34,35). The molecule has 208 valence electrons. The lowest BCUT2D eigenvalue weighted by molar-refractivity contribution is 0.0729. The second kappa shape index (κ2) is 11.5. The zero-order valence-corrected chi connectivity index (χ0v) is 23.9. The number of fused-ring (bicyclic) bond motifs is 1. The van der Waals surface area contributed by atoms with Gasteiger partial charge in [-0.15, -0.1) is 0 Å². The molecule has 2 N–H and O–H groups in total. The van der Waals surface area contributed by atoms with Crippen LogP contribution in [0.5, 0.6) is 17.2 Å². The number of aryl methyl sites for hydroxylation is 3. The van der Waals surface area contributed by atoms with Crippen LogP contribution in [-0.2, 0) is 6.54 Å². The molecule has 1 atom stereocenters. The number of ether oxygens (including phenoxy) is 2. The third kappa shape index (κ3) is 5.16. The van der Waals surface area contributed by atoms with E-state index in [9.17, 15) is 9.90 Å². The molecule has 1 aromatic heterocycles. The fraction of sp³-hybridized carbons (Fsp3) is 0.333. The number of aromatic amines is 1. The van der Waals surface area contributed by atoms with Crippen LogP contribution in [0.4, 0.5) is 0 Å². The quantitative estimate of drug-likeness (QED) is 0.211. The van der Waals surface area contributed by atoms with E-state index in [0.29, 0.717) is 48.2 Å². The van der Waals surface area contributed by atoms with Crippen molar-refractivity contribution in [2.75, 3.05) is 13.2 Å². The second-order valence-corrected chi connectivity index (χ2v) is 10.5. The van der Waals surface area contributed by atoms with E-state index in [0.717, 1.165) is 46.2 Å². The van der Waals surface area contributed by atoms with Crippen molar-refractivity contribution in [1.29, 1.82) is 0 Å². The molecule has 40 heavy (non-hydrogen) atoms. The molecule has 1 aliphatic rings. The molecule has 7 nitrogen and oxygen atoms in total. The minimum atomic E-state index is -0.443. The number of nitrogens with zero attached hydrogens (tertiary/aromatic N) is 2. The molecular formula is C33H37N3O4. The summed E-state index contributed by atoms with van der Waals surface area (Å²) < 4.78 is 12.0. The first kappa shape index (κ1) is 27.3. The van der Waals surface area contributed by atoms with Crippen LogP contribution in [-0.4, -0.2) is 39.3 Å². The average Bonchev–Trinajstić information content (AvgIpc) is 3.45. The van der Waals surface area contributed by atoms with Gasteiger partial charge in [-0.25, -0.2) is 0 Å². The van der Waals surface area contributed by atoms with Gasteiger partial charge in [0.05, 0.1) is 19.3 Å². The Morgan fingerprint density at radius 1 is 0.950 bits per heavy atom. The molecule has 2 heterocycles. The summed E-state index contributed by atoms with van der Waals surface area (Å²) in [6.45, 7) is 11.5. The first-order chi connectivity index (χ1) is 19.3. The molecule has 0 radical (unpaired) electrons. The lowest BCUT2D eigenvalue weighted by Crippen LogP contribution is -2.29. The number of carbonyl (C=O) groups is 1. The molecular weight excluding hydrogens is 502 g/mol. The van der Waals surface area contributed by atoms with Gasteiger partial charge in [0, 0.05) is 17.7 Å². The Balaban J connectivity index is 1.65. The van der Waals surface area contributed by atoms with Crippen LogP contribution in [0.2, 0.25) is 0 Å². The number of benzene rings is 3. The minimum Gasteiger partial charge on any atom is -0.507 e. The third-order valence-corrected chi connectivity index (χ3v) is 7.37. The summed E-state index contributed by atoms with van der Waals surface area (Å²) in [5, 5.41) is 18.6. The number of hydrogen-bond donors (Lipinski definition) is 2. The maximum Gasteiger partial charge on any atom is 0.273 e. The van der Waals surface area contributed by atoms with E-state index in [1.54, 1.807) is 6.07 Å². The van der Waals surface area contributed by atoms with Crippen molar-refractivity contribution < 1.29 is 19.4 Å². The molecule has 1 aliphatic heterocycles. The van der Waals surface area contributed by atoms with Gasteiger partial charge in [-0.1, -0.05) is 55.3 Å². The van der Waals surface area contributed by atoms with Crippen LogP contribution in [0, 0.1) is 20.8 Å². The van der Waals surface area contributed by atoms with Crippen molar-refractivity contribution in [3.05, 3.63) is 93.7 Å². The smallest absolute Gasteiger partial charge is 0.273 e. The van der Waals surface area contributed by atoms with Gasteiger partial charge < -0.3 is 19.5 Å². The molecule has 0 saturated carbocycles. The molecule has 1 amide bonds. The highest BCUT2D eigenvalue weighted by molar-refractivity contribution is 6.00. The first-order valence-electron chi connectivity index (χ1n) is 14.0. The predicted molar refractivity (Wildman–Crippen MR) is 156 cm³/mol. The number of aromatic hydroxyl groups is 1. The summed E-state index contributed by atoms with van der Waals surface area (Å²) in [6, 6.07) is 17.4. The Morgan fingerprint density at radius 3 is 2.42 bits per heavy atom. The van der Waals surface area contributed by atoms with Gasteiger partial charge in [0.25, 0.3) is 5.91 Å². The molecule has 0 spiro atoms. The summed E-state index contributed by atoms with van der Waals surface area (Å²) in [4.78, 5) is 15.8. The predicted octanol–water partition coefficient (Wildman–Crippen LogP) is 7.03. The highest BCUT2D eigenvalue weighted by Gasteiger charge is 2.43. The van der Waals surface area contributed by atoms with Crippen molar-refractivity contribution in [1.82, 2.24) is 15.1 Å². The van der Waals surface area contributed by atoms with E-state index in [2.05, 4.69) is 41.4 Å². The minimum absolute atomic E-state index is 0.134. The first-order valence-corrected chi connectivity index (χ1v) is 14.0. The zero-order chi connectivity index (χ0) is 28.4. The summed E-state index contributed by atoms with van der Waals surface area (Å²) >= 11 is 0. The SMILES string of the molecule is CCCCOc1ccc(C2c3c(-c4c(C)cc(C)cc4O)n[nH]c3C(=O)N2Cc2ccc(C)cc2)cc1OCC. The lowest BCUT2D eigenvalue weighted by atomic mass is 9.92. The molecule has 0 bridgehead atoms. The van der Waals surface area contributed by atoms with E-state index in [1.165, 1.54) is 0 Å². The molecule has 5 rings (SSSR count). The maximum atomic E-state index is 13.9. The molecule has 3 aromatic carbocycles. The molecule has 1 unspecified atom stereocenters. The summed E-state index contributed by atoms with van der Waals surface area (Å²) in [5.41, 5.74) is 7.33. The van der Waals surface area contributed by atoms with Gasteiger partial charge in [-0.2, -0.15) is 5.10 Å². The second-order valence-electron chi connectivity index (χ2n) is 10.5. The maximum absolute atomic E-state index is 13.9.